The highest BCUT2D eigenvalue weighted by Crippen LogP contribution is 1.70. The zero-order valence-electron chi connectivity index (χ0n) is 2.07. The van der Waals surface area contributed by atoms with Crippen LogP contribution in [0.1, 0.15) is 0 Å². The lowest BCUT2D eigenvalue weighted by molar-refractivity contribution is 0.199. The van der Waals surface area contributed by atoms with Crippen LogP contribution in [0.2, 0.25) is 0 Å². The number of hydrogen-bond donors (Lipinski definition) is 0. The monoisotopic (exact) mass is 146 g/mol. The van der Waals surface area contributed by atoms with Crippen LogP contribution in [0.25, 0.3) is 0 Å². The smallest absolute Gasteiger partial charge is 0.219 e. The van der Waals surface area contributed by atoms with Crippen LogP contribution in [0, 0.1) is 0 Å². The molecule has 0 aromatic carbocycles. The van der Waals surface area contributed by atoms with Crippen molar-refractivity contribution in [3.63, 3.8) is 0 Å². The van der Waals surface area contributed by atoms with E-state index in [1.165, 1.54) is 0 Å². The minimum Gasteiger partial charge on any atom is -0.219 e. The molecular weight excluding hydrogens is 146 g/mol. The van der Waals surface area contributed by atoms with Crippen LogP contribution in [0.3, 0.4) is 0 Å². The Bertz CT molecular complexity index is 32.6. The van der Waals surface area contributed by atoms with Gasteiger partial charge in [0.05, 0.1) is 0 Å². The molecule has 0 bridgehead atoms. The molecule has 0 amide bonds. The maximum absolute atomic E-state index is 9.69. The van der Waals surface area contributed by atoms with Crippen molar-refractivity contribution in [2.45, 2.75) is 0 Å². The van der Waals surface area contributed by atoms with E-state index in [4.69, 9.17) is 4.79 Å². The SMILES string of the molecule is Br.O=C(F)F. The Morgan fingerprint density at radius 2 is 1.40 bits per heavy atom. The molecule has 0 N–H and O–H groups in total. The summed E-state index contributed by atoms with van der Waals surface area (Å²) in [6.45, 7) is 0. The molecule has 0 aliphatic heterocycles. The minimum atomic E-state index is -2.83. The second-order valence-corrected chi connectivity index (χ2v) is 0.226. The summed E-state index contributed by atoms with van der Waals surface area (Å²) in [5.41, 5.74) is 0. The molecule has 1 nitrogen and oxygen atoms in total. The summed E-state index contributed by atoms with van der Waals surface area (Å²) in [6, 6.07) is 0. The molecule has 0 radical (unpaired) electrons. The molecule has 0 unspecified atom stereocenters. The molecule has 0 spiro atoms. The maximum Gasteiger partial charge on any atom is 0.483 e. The van der Waals surface area contributed by atoms with E-state index >= 15 is 0 Å². The number of carbonyl (C=O) groups is 1. The summed E-state index contributed by atoms with van der Waals surface area (Å²) in [6.07, 6.45) is -2.83. The van der Waals surface area contributed by atoms with Crippen molar-refractivity contribution in [2.24, 2.45) is 0 Å². The quantitative estimate of drug-likeness (QED) is 0.475. The van der Waals surface area contributed by atoms with Crippen LogP contribution in [0.5, 0.6) is 0 Å². The Labute approximate surface area is 37.7 Å². The Hall–Kier alpha value is 0.01000. The third-order valence-corrected chi connectivity index (χ3v) is 0. The van der Waals surface area contributed by atoms with Gasteiger partial charge in [-0.1, -0.05) is 0 Å². The molecule has 0 heterocycles. The Morgan fingerprint density at radius 1 is 1.40 bits per heavy atom. The summed E-state index contributed by atoms with van der Waals surface area (Å²) >= 11 is 0. The Balaban J connectivity index is 0. The van der Waals surface area contributed by atoms with E-state index in [0.29, 0.717) is 0 Å². The van der Waals surface area contributed by atoms with E-state index in [2.05, 4.69) is 0 Å². The van der Waals surface area contributed by atoms with Crippen molar-refractivity contribution in [1.82, 2.24) is 0 Å². The van der Waals surface area contributed by atoms with Gasteiger partial charge >= 0.3 is 6.29 Å². The van der Waals surface area contributed by atoms with Gasteiger partial charge in [0.1, 0.15) is 0 Å². The normalized spacial score (nSPS) is 5.20. The highest BCUT2D eigenvalue weighted by molar-refractivity contribution is 8.93. The van der Waals surface area contributed by atoms with Gasteiger partial charge in [0, 0.05) is 0 Å². The first-order valence-corrected chi connectivity index (χ1v) is 0.582. The van der Waals surface area contributed by atoms with Crippen LogP contribution in [-0.4, -0.2) is 6.29 Å². The molecule has 0 saturated heterocycles. The van der Waals surface area contributed by atoms with Gasteiger partial charge in [-0.3, -0.25) is 0 Å². The first kappa shape index (κ1) is 8.89. The van der Waals surface area contributed by atoms with E-state index in [9.17, 15) is 8.78 Å². The predicted molar refractivity (Wildman–Crippen MR) is 17.9 cm³/mol. The summed E-state index contributed by atoms with van der Waals surface area (Å²) in [4.78, 5) is 8.11. The third-order valence-electron chi connectivity index (χ3n) is 0. The molecule has 0 rings (SSSR count). The van der Waals surface area contributed by atoms with Gasteiger partial charge in [-0.25, -0.2) is 4.79 Å². The van der Waals surface area contributed by atoms with Crippen LogP contribution < -0.4 is 0 Å². The highest BCUT2D eigenvalue weighted by atomic mass is 79.9. The topological polar surface area (TPSA) is 17.1 Å². The van der Waals surface area contributed by atoms with Gasteiger partial charge in [-0.15, -0.1) is 25.8 Å². The van der Waals surface area contributed by atoms with Crippen molar-refractivity contribution < 1.29 is 13.6 Å². The average Bonchev–Trinajstić information content (AvgIpc) is 0.811. The third kappa shape index (κ3) is 162000. The van der Waals surface area contributed by atoms with Crippen molar-refractivity contribution in [1.29, 1.82) is 0 Å². The van der Waals surface area contributed by atoms with Crippen LogP contribution in [0.15, 0.2) is 0 Å². The molecule has 32 valence electrons. The first-order valence-electron chi connectivity index (χ1n) is 0.582. The second kappa shape index (κ2) is 4.01. The van der Waals surface area contributed by atoms with Gasteiger partial charge in [0.25, 0.3) is 0 Å². The van der Waals surface area contributed by atoms with E-state index in [-0.39, 0.29) is 17.0 Å². The molecule has 0 fully saturated rings. The lowest BCUT2D eigenvalue weighted by atomic mass is 11.6. The first-order chi connectivity index (χ1) is 1.73. The lowest BCUT2D eigenvalue weighted by Gasteiger charge is -1.45. The van der Waals surface area contributed by atoms with Gasteiger partial charge in [-0.2, -0.15) is 0 Å². The van der Waals surface area contributed by atoms with Crippen molar-refractivity contribution in [2.75, 3.05) is 0 Å². The maximum atomic E-state index is 9.69. The molecule has 0 aliphatic rings. The van der Waals surface area contributed by atoms with Crippen LogP contribution >= 0.6 is 17.0 Å². The fourth-order valence-electron chi connectivity index (χ4n) is 0. The molecule has 0 aliphatic carbocycles. The highest BCUT2D eigenvalue weighted by Gasteiger charge is 1.78. The van der Waals surface area contributed by atoms with Gasteiger partial charge in [0.2, 0.25) is 0 Å². The largest absolute Gasteiger partial charge is 0.483 e. The van der Waals surface area contributed by atoms with Crippen LogP contribution in [-0.2, 0) is 0 Å². The lowest BCUT2D eigenvalue weighted by Crippen LogP contribution is -1.54. The van der Waals surface area contributed by atoms with Crippen molar-refractivity contribution in [3.8, 4) is 0 Å². The molecule has 4 heteroatoms. The summed E-state index contributed by atoms with van der Waals surface area (Å²) in [5.74, 6) is 0. The zero-order valence-corrected chi connectivity index (χ0v) is 3.79. The van der Waals surface area contributed by atoms with Crippen molar-refractivity contribution in [3.05, 3.63) is 0 Å². The standard InChI is InChI=1S/CF2O.BrH/c2-1(3)4;/h;1H. The van der Waals surface area contributed by atoms with Gasteiger partial charge in [0.15, 0.2) is 0 Å². The zero-order chi connectivity index (χ0) is 3.58. The minimum absolute atomic E-state index is 0. The van der Waals surface area contributed by atoms with Crippen LogP contribution in [0.4, 0.5) is 13.6 Å². The number of rotatable bonds is 0. The molecule has 0 atom stereocenters. The fraction of sp³-hybridized carbons (Fsp3) is 0. The Morgan fingerprint density at radius 3 is 1.40 bits per heavy atom. The Kier molecular flexibility index (Phi) is 7.13. The molecular formula is CHBrF2O. The summed E-state index contributed by atoms with van der Waals surface area (Å²) in [7, 11) is 0. The predicted octanol–water partition coefficient (Wildman–Crippen LogP) is 1.62. The van der Waals surface area contributed by atoms with Crippen molar-refractivity contribution >= 4 is 23.3 Å². The fourth-order valence-corrected chi connectivity index (χ4v) is 0. The molecule has 0 aromatic heterocycles. The van der Waals surface area contributed by atoms with E-state index < -0.39 is 6.29 Å². The summed E-state index contributed by atoms with van der Waals surface area (Å²) in [5, 5.41) is 0. The summed E-state index contributed by atoms with van der Waals surface area (Å²) < 4.78 is 19.4. The molecule has 5 heavy (non-hydrogen) atoms. The average molecular weight is 147 g/mol. The van der Waals surface area contributed by atoms with E-state index in [1.54, 1.807) is 0 Å². The number of halogens is 3. The van der Waals surface area contributed by atoms with E-state index in [0.717, 1.165) is 0 Å². The second-order valence-electron chi connectivity index (χ2n) is 0.226. The molecule has 0 saturated carbocycles. The molecule has 0 aromatic rings. The van der Waals surface area contributed by atoms with Gasteiger partial charge in [-0.05, 0) is 0 Å². The van der Waals surface area contributed by atoms with E-state index in [1.807, 2.05) is 0 Å². The van der Waals surface area contributed by atoms with Gasteiger partial charge < -0.3 is 0 Å². The number of hydrogen-bond acceptors (Lipinski definition) is 1. The number of carbonyl (C=O) groups excluding carboxylic acids is 1.